The van der Waals surface area contributed by atoms with Gasteiger partial charge in [0.1, 0.15) is 0 Å². The molecule has 5 nitrogen and oxygen atoms in total. The number of aromatic nitrogens is 2. The minimum Gasteiger partial charge on any atom is -0.392 e. The fraction of sp³-hybridized carbons (Fsp3) is 0.733. The summed E-state index contributed by atoms with van der Waals surface area (Å²) in [5.74, 6) is 0.877. The van der Waals surface area contributed by atoms with Crippen LogP contribution in [0.4, 0.5) is 5.95 Å². The molecule has 1 aromatic rings. The summed E-state index contributed by atoms with van der Waals surface area (Å²) in [6, 6.07) is 2.64. The lowest BCUT2D eigenvalue weighted by atomic mass is 10.0. The number of β-amino-alcohol motifs (C(OH)–C–C–N with tert-alkyl or cyclic N) is 1. The van der Waals surface area contributed by atoms with E-state index in [1.807, 2.05) is 19.9 Å². The normalized spacial score (nSPS) is 25.4. The Kier molecular flexibility index (Phi) is 3.89. The molecule has 3 heterocycles. The lowest BCUT2D eigenvalue weighted by Crippen LogP contribution is -2.44. The average Bonchev–Trinajstić information content (AvgIpc) is 2.84. The SMILES string of the molecule is Cc1cc(C)nc(N2CCC(N3CCC(O)C3)CC2)n1. The van der Waals surface area contributed by atoms with E-state index in [0.29, 0.717) is 6.04 Å². The molecule has 110 valence electrons. The molecule has 0 aromatic carbocycles. The Morgan fingerprint density at radius 3 is 2.25 bits per heavy atom. The molecule has 0 bridgehead atoms. The zero-order valence-corrected chi connectivity index (χ0v) is 12.4. The van der Waals surface area contributed by atoms with Crippen LogP contribution in [0.3, 0.4) is 0 Å². The fourth-order valence-electron chi connectivity index (χ4n) is 3.38. The molecule has 0 aliphatic carbocycles. The van der Waals surface area contributed by atoms with E-state index in [1.54, 1.807) is 0 Å². The Labute approximate surface area is 120 Å². The van der Waals surface area contributed by atoms with Crippen molar-refractivity contribution in [3.05, 3.63) is 17.5 Å². The van der Waals surface area contributed by atoms with Crippen molar-refractivity contribution in [1.82, 2.24) is 14.9 Å². The predicted octanol–water partition coefficient (Wildman–Crippen LogP) is 1.13. The maximum Gasteiger partial charge on any atom is 0.225 e. The molecule has 1 unspecified atom stereocenters. The Bertz CT molecular complexity index is 451. The predicted molar refractivity (Wildman–Crippen MR) is 78.9 cm³/mol. The molecule has 1 aromatic heterocycles. The van der Waals surface area contributed by atoms with Gasteiger partial charge in [-0.25, -0.2) is 9.97 Å². The highest BCUT2D eigenvalue weighted by Gasteiger charge is 2.30. The summed E-state index contributed by atoms with van der Waals surface area (Å²) >= 11 is 0. The van der Waals surface area contributed by atoms with Gasteiger partial charge in [-0.05, 0) is 39.2 Å². The smallest absolute Gasteiger partial charge is 0.225 e. The third-order valence-electron chi connectivity index (χ3n) is 4.43. The van der Waals surface area contributed by atoms with Crippen molar-refractivity contribution in [2.24, 2.45) is 0 Å². The van der Waals surface area contributed by atoms with E-state index in [9.17, 15) is 5.11 Å². The molecule has 0 saturated carbocycles. The van der Waals surface area contributed by atoms with Crippen LogP contribution < -0.4 is 4.90 Å². The largest absolute Gasteiger partial charge is 0.392 e. The molecule has 5 heteroatoms. The molecule has 1 atom stereocenters. The number of anilines is 1. The van der Waals surface area contributed by atoms with Crippen LogP contribution in [0.1, 0.15) is 30.7 Å². The molecule has 2 aliphatic heterocycles. The van der Waals surface area contributed by atoms with Crippen LogP contribution in [0, 0.1) is 13.8 Å². The topological polar surface area (TPSA) is 52.5 Å². The first-order valence-corrected chi connectivity index (χ1v) is 7.61. The van der Waals surface area contributed by atoms with E-state index in [2.05, 4.69) is 19.8 Å². The zero-order chi connectivity index (χ0) is 14.1. The maximum absolute atomic E-state index is 9.65. The lowest BCUT2D eigenvalue weighted by molar-refractivity contribution is 0.148. The number of aliphatic hydroxyl groups is 1. The van der Waals surface area contributed by atoms with Gasteiger partial charge in [0.05, 0.1) is 6.10 Å². The molecular formula is C15H24N4O. The third kappa shape index (κ3) is 2.94. The minimum atomic E-state index is -0.115. The van der Waals surface area contributed by atoms with E-state index in [1.165, 1.54) is 0 Å². The van der Waals surface area contributed by atoms with Crippen LogP contribution >= 0.6 is 0 Å². The van der Waals surface area contributed by atoms with Crippen LogP contribution in [0.25, 0.3) is 0 Å². The van der Waals surface area contributed by atoms with Crippen LogP contribution in [0.5, 0.6) is 0 Å². The molecule has 3 rings (SSSR count). The zero-order valence-electron chi connectivity index (χ0n) is 12.4. The first-order valence-electron chi connectivity index (χ1n) is 7.61. The standard InChI is InChI=1S/C15H24N4O/c1-11-9-12(2)17-15(16-11)18-6-3-13(4-7-18)19-8-5-14(20)10-19/h9,13-14,20H,3-8,10H2,1-2H3. The van der Waals surface area contributed by atoms with E-state index >= 15 is 0 Å². The van der Waals surface area contributed by atoms with E-state index in [-0.39, 0.29) is 6.10 Å². The Morgan fingerprint density at radius 1 is 1.05 bits per heavy atom. The molecule has 2 fully saturated rings. The second-order valence-electron chi connectivity index (χ2n) is 6.11. The van der Waals surface area contributed by atoms with Gasteiger partial charge < -0.3 is 10.0 Å². The second-order valence-corrected chi connectivity index (χ2v) is 6.11. The monoisotopic (exact) mass is 276 g/mol. The van der Waals surface area contributed by atoms with Gasteiger partial charge in [0.15, 0.2) is 0 Å². The third-order valence-corrected chi connectivity index (χ3v) is 4.43. The quantitative estimate of drug-likeness (QED) is 0.877. The minimum absolute atomic E-state index is 0.115. The van der Waals surface area contributed by atoms with Gasteiger partial charge in [-0.1, -0.05) is 0 Å². The number of nitrogens with zero attached hydrogens (tertiary/aromatic N) is 4. The summed E-state index contributed by atoms with van der Waals surface area (Å²) < 4.78 is 0. The van der Waals surface area contributed by atoms with Gasteiger partial charge in [0.2, 0.25) is 5.95 Å². The average molecular weight is 276 g/mol. The molecule has 0 radical (unpaired) electrons. The van der Waals surface area contributed by atoms with Crippen molar-refractivity contribution < 1.29 is 5.11 Å². The van der Waals surface area contributed by atoms with Gasteiger partial charge in [0, 0.05) is 43.6 Å². The highest BCUT2D eigenvalue weighted by molar-refractivity contribution is 5.32. The summed E-state index contributed by atoms with van der Waals surface area (Å²) in [5.41, 5.74) is 2.08. The summed E-state index contributed by atoms with van der Waals surface area (Å²) in [5, 5.41) is 9.65. The van der Waals surface area contributed by atoms with Gasteiger partial charge in [-0.2, -0.15) is 0 Å². The first-order chi connectivity index (χ1) is 9.61. The van der Waals surface area contributed by atoms with E-state index in [0.717, 1.165) is 62.8 Å². The van der Waals surface area contributed by atoms with Crippen molar-refractivity contribution >= 4 is 5.95 Å². The first kappa shape index (κ1) is 13.8. The number of hydrogen-bond donors (Lipinski definition) is 1. The molecule has 2 aliphatic rings. The number of aliphatic hydroxyl groups excluding tert-OH is 1. The summed E-state index contributed by atoms with van der Waals surface area (Å²) in [6.07, 6.45) is 3.10. The van der Waals surface area contributed by atoms with Crippen molar-refractivity contribution in [3.8, 4) is 0 Å². The van der Waals surface area contributed by atoms with Gasteiger partial charge in [-0.3, -0.25) is 4.90 Å². The Balaban J connectivity index is 1.60. The van der Waals surface area contributed by atoms with Crippen molar-refractivity contribution in [1.29, 1.82) is 0 Å². The fourth-order valence-corrected chi connectivity index (χ4v) is 3.38. The molecular weight excluding hydrogens is 252 g/mol. The van der Waals surface area contributed by atoms with Crippen LogP contribution in [-0.2, 0) is 0 Å². The van der Waals surface area contributed by atoms with Crippen LogP contribution in [-0.4, -0.2) is 58.3 Å². The van der Waals surface area contributed by atoms with Gasteiger partial charge in [0.25, 0.3) is 0 Å². The van der Waals surface area contributed by atoms with E-state index in [4.69, 9.17) is 0 Å². The molecule has 1 N–H and O–H groups in total. The van der Waals surface area contributed by atoms with E-state index < -0.39 is 0 Å². The maximum atomic E-state index is 9.65. The highest BCUT2D eigenvalue weighted by Crippen LogP contribution is 2.23. The molecule has 0 amide bonds. The van der Waals surface area contributed by atoms with Gasteiger partial charge >= 0.3 is 0 Å². The van der Waals surface area contributed by atoms with Crippen LogP contribution in [0.15, 0.2) is 6.07 Å². The Hall–Kier alpha value is -1.20. The summed E-state index contributed by atoms with van der Waals surface area (Å²) in [6.45, 7) is 7.98. The molecule has 20 heavy (non-hydrogen) atoms. The van der Waals surface area contributed by atoms with Crippen molar-refractivity contribution in [2.75, 3.05) is 31.1 Å². The molecule has 0 spiro atoms. The second kappa shape index (κ2) is 5.66. The summed E-state index contributed by atoms with van der Waals surface area (Å²) in [4.78, 5) is 13.9. The number of rotatable bonds is 2. The lowest BCUT2D eigenvalue weighted by Gasteiger charge is -2.36. The highest BCUT2D eigenvalue weighted by atomic mass is 16.3. The number of hydrogen-bond acceptors (Lipinski definition) is 5. The van der Waals surface area contributed by atoms with Crippen molar-refractivity contribution in [3.63, 3.8) is 0 Å². The number of piperidine rings is 1. The Morgan fingerprint density at radius 2 is 1.70 bits per heavy atom. The summed E-state index contributed by atoms with van der Waals surface area (Å²) in [7, 11) is 0. The molecule has 2 saturated heterocycles. The number of likely N-dealkylation sites (tertiary alicyclic amines) is 1. The van der Waals surface area contributed by atoms with Crippen molar-refractivity contribution in [2.45, 2.75) is 45.3 Å². The van der Waals surface area contributed by atoms with Crippen LogP contribution in [0.2, 0.25) is 0 Å². The van der Waals surface area contributed by atoms with Gasteiger partial charge in [-0.15, -0.1) is 0 Å². The number of aryl methyl sites for hydroxylation is 2.